The second-order valence-electron chi connectivity index (χ2n) is 3.04. The van der Waals surface area contributed by atoms with Gasteiger partial charge in [0.2, 0.25) is 0 Å². The Kier molecular flexibility index (Phi) is 1.98. The molecule has 3 heterocycles. The molecule has 0 unspecified atom stereocenters. The lowest BCUT2D eigenvalue weighted by Crippen LogP contribution is -2.42. The molecule has 0 aromatic rings. The van der Waals surface area contributed by atoms with E-state index in [-0.39, 0.29) is 5.41 Å². The Balaban J connectivity index is 2.05. The average Bonchev–Trinajstić information content (AvgIpc) is 2.07. The van der Waals surface area contributed by atoms with Crippen molar-refractivity contribution in [1.29, 1.82) is 0 Å². The first-order valence-electron chi connectivity index (χ1n) is 3.64. The van der Waals surface area contributed by atoms with Crippen LogP contribution in [0.4, 0.5) is 0 Å². The smallest absolute Gasteiger partial charge is 0.311 e. The minimum Gasteiger partial charge on any atom is -0.311 e. The molecule has 2 bridgehead atoms. The summed E-state index contributed by atoms with van der Waals surface area (Å²) < 4.78 is 15.9. The number of fused-ring (bicyclic) bond motifs is 3. The van der Waals surface area contributed by atoms with Gasteiger partial charge in [-0.25, -0.2) is 0 Å². The molecule has 0 spiro atoms. The molecule has 0 aromatic carbocycles. The van der Waals surface area contributed by atoms with Gasteiger partial charge in [0, 0.05) is 5.41 Å². The van der Waals surface area contributed by atoms with Crippen LogP contribution >= 0.6 is 8.60 Å². The van der Waals surface area contributed by atoms with Gasteiger partial charge in [0.1, 0.15) is 0 Å². The molecule has 0 saturated carbocycles. The number of hydrogen-bond acceptors (Lipinski definition) is 3. The Bertz CT molecular complexity index is 149. The second-order valence-corrected chi connectivity index (χ2v) is 4.26. The van der Waals surface area contributed by atoms with Crippen molar-refractivity contribution in [2.45, 2.75) is 6.42 Å². The number of allylic oxidation sites excluding steroid dienone is 1. The number of rotatable bonds is 2. The Labute approximate surface area is 67.3 Å². The third-order valence-electron chi connectivity index (χ3n) is 2.01. The molecule has 4 heteroatoms. The minimum atomic E-state index is -0.980. The molecule has 3 saturated heterocycles. The largest absolute Gasteiger partial charge is 0.332 e. The van der Waals surface area contributed by atoms with Crippen LogP contribution in [0.3, 0.4) is 0 Å². The van der Waals surface area contributed by atoms with Crippen molar-refractivity contribution in [3.8, 4) is 0 Å². The van der Waals surface area contributed by atoms with Crippen LogP contribution < -0.4 is 0 Å². The SMILES string of the molecule is C=CCC12COP(OC1)OC2. The highest BCUT2D eigenvalue weighted by atomic mass is 31.2. The zero-order chi connectivity index (χ0) is 7.73. The molecule has 0 radical (unpaired) electrons. The van der Waals surface area contributed by atoms with Crippen LogP contribution in [0.5, 0.6) is 0 Å². The van der Waals surface area contributed by atoms with Gasteiger partial charge in [-0.15, -0.1) is 6.58 Å². The molecule has 0 aromatic heterocycles. The third-order valence-corrected chi connectivity index (χ3v) is 3.03. The lowest BCUT2D eigenvalue weighted by Gasteiger charge is -2.43. The first-order chi connectivity index (χ1) is 5.35. The van der Waals surface area contributed by atoms with Crippen LogP contribution in [0, 0.1) is 5.41 Å². The van der Waals surface area contributed by atoms with E-state index in [0.717, 1.165) is 26.2 Å². The van der Waals surface area contributed by atoms with Gasteiger partial charge in [-0.3, -0.25) is 0 Å². The maximum Gasteiger partial charge on any atom is 0.332 e. The van der Waals surface area contributed by atoms with Crippen molar-refractivity contribution in [3.63, 3.8) is 0 Å². The normalized spacial score (nSPS) is 42.4. The Hall–Kier alpha value is 0.0500. The van der Waals surface area contributed by atoms with E-state index in [1.165, 1.54) is 0 Å². The van der Waals surface area contributed by atoms with E-state index in [2.05, 4.69) is 6.58 Å². The maximum atomic E-state index is 5.31. The summed E-state index contributed by atoms with van der Waals surface area (Å²) in [4.78, 5) is 0. The highest BCUT2D eigenvalue weighted by molar-refractivity contribution is 7.41. The molecule has 62 valence electrons. The van der Waals surface area contributed by atoms with Crippen molar-refractivity contribution in [3.05, 3.63) is 12.7 Å². The first-order valence-corrected chi connectivity index (χ1v) is 4.74. The zero-order valence-corrected chi connectivity index (χ0v) is 7.18. The van der Waals surface area contributed by atoms with Crippen LogP contribution in [0.1, 0.15) is 6.42 Å². The molecule has 3 rings (SSSR count). The van der Waals surface area contributed by atoms with E-state index in [9.17, 15) is 0 Å². The van der Waals surface area contributed by atoms with Gasteiger partial charge in [0.15, 0.2) is 0 Å². The molecular weight excluding hydrogens is 163 g/mol. The third kappa shape index (κ3) is 1.34. The van der Waals surface area contributed by atoms with Crippen LogP contribution in [0.2, 0.25) is 0 Å². The van der Waals surface area contributed by atoms with E-state index in [4.69, 9.17) is 13.6 Å². The van der Waals surface area contributed by atoms with E-state index in [1.807, 2.05) is 6.08 Å². The summed E-state index contributed by atoms with van der Waals surface area (Å²) in [6.07, 6.45) is 2.81. The predicted octanol–water partition coefficient (Wildman–Crippen LogP) is 1.85. The van der Waals surface area contributed by atoms with Crippen molar-refractivity contribution in [2.75, 3.05) is 19.8 Å². The summed E-state index contributed by atoms with van der Waals surface area (Å²) in [5, 5.41) is 0. The van der Waals surface area contributed by atoms with E-state index in [0.29, 0.717) is 0 Å². The Morgan fingerprint density at radius 1 is 1.27 bits per heavy atom. The summed E-state index contributed by atoms with van der Waals surface area (Å²) in [5.41, 5.74) is 0.0683. The summed E-state index contributed by atoms with van der Waals surface area (Å²) >= 11 is 0. The lowest BCUT2D eigenvalue weighted by molar-refractivity contribution is -0.0707. The molecule has 0 N–H and O–H groups in total. The molecule has 3 aliphatic heterocycles. The fraction of sp³-hybridized carbons (Fsp3) is 0.714. The molecule has 3 fully saturated rings. The fourth-order valence-corrected chi connectivity index (χ4v) is 2.65. The van der Waals surface area contributed by atoms with E-state index < -0.39 is 8.60 Å². The second kappa shape index (κ2) is 2.83. The summed E-state index contributed by atoms with van der Waals surface area (Å²) in [5.74, 6) is 0. The predicted molar refractivity (Wildman–Crippen MR) is 42.0 cm³/mol. The quantitative estimate of drug-likeness (QED) is 0.472. The van der Waals surface area contributed by atoms with Crippen LogP contribution in [0.25, 0.3) is 0 Å². The standard InChI is InChI=1S/C7H11O3P/c1-2-3-7-4-8-11(9-5-7)10-6-7/h2H,1,3-6H2. The summed E-state index contributed by atoms with van der Waals surface area (Å²) in [7, 11) is -0.980. The monoisotopic (exact) mass is 174 g/mol. The molecule has 0 amide bonds. The fourth-order valence-electron chi connectivity index (χ4n) is 1.29. The minimum absolute atomic E-state index is 0.0683. The molecular formula is C7H11O3P. The Morgan fingerprint density at radius 2 is 1.82 bits per heavy atom. The highest BCUT2D eigenvalue weighted by Crippen LogP contribution is 2.54. The van der Waals surface area contributed by atoms with Gasteiger partial charge in [-0.1, -0.05) is 6.08 Å². The summed E-state index contributed by atoms with van der Waals surface area (Å²) in [6, 6.07) is 0. The molecule has 0 atom stereocenters. The zero-order valence-electron chi connectivity index (χ0n) is 6.28. The first kappa shape index (κ1) is 7.69. The van der Waals surface area contributed by atoms with Crippen LogP contribution in [-0.4, -0.2) is 19.8 Å². The molecule has 3 nitrogen and oxygen atoms in total. The van der Waals surface area contributed by atoms with E-state index in [1.54, 1.807) is 0 Å². The van der Waals surface area contributed by atoms with Crippen molar-refractivity contribution >= 4 is 8.60 Å². The van der Waals surface area contributed by atoms with Crippen molar-refractivity contribution in [2.24, 2.45) is 5.41 Å². The van der Waals surface area contributed by atoms with Gasteiger partial charge in [0.25, 0.3) is 0 Å². The highest BCUT2D eigenvalue weighted by Gasteiger charge is 2.43. The lowest BCUT2D eigenvalue weighted by atomic mass is 9.87. The van der Waals surface area contributed by atoms with Crippen LogP contribution in [-0.2, 0) is 13.6 Å². The molecule has 3 aliphatic rings. The average molecular weight is 174 g/mol. The number of hydrogen-bond donors (Lipinski definition) is 0. The van der Waals surface area contributed by atoms with Gasteiger partial charge in [0.05, 0.1) is 19.8 Å². The topological polar surface area (TPSA) is 27.7 Å². The van der Waals surface area contributed by atoms with Crippen molar-refractivity contribution in [1.82, 2.24) is 0 Å². The van der Waals surface area contributed by atoms with Crippen LogP contribution in [0.15, 0.2) is 12.7 Å². The van der Waals surface area contributed by atoms with Gasteiger partial charge in [-0.2, -0.15) is 0 Å². The molecule has 11 heavy (non-hydrogen) atoms. The summed E-state index contributed by atoms with van der Waals surface area (Å²) in [6.45, 7) is 6.01. The Morgan fingerprint density at radius 3 is 2.27 bits per heavy atom. The van der Waals surface area contributed by atoms with Gasteiger partial charge >= 0.3 is 8.60 Å². The van der Waals surface area contributed by atoms with Gasteiger partial charge in [-0.05, 0) is 6.42 Å². The van der Waals surface area contributed by atoms with E-state index >= 15 is 0 Å². The maximum absolute atomic E-state index is 5.31. The van der Waals surface area contributed by atoms with Gasteiger partial charge < -0.3 is 13.6 Å². The van der Waals surface area contributed by atoms with Crippen molar-refractivity contribution < 1.29 is 13.6 Å². The molecule has 0 aliphatic carbocycles.